The summed E-state index contributed by atoms with van der Waals surface area (Å²) in [6.07, 6.45) is 0. The first kappa shape index (κ1) is 15.4. The van der Waals surface area contributed by atoms with Gasteiger partial charge in [0, 0.05) is 22.9 Å². The molecule has 0 aliphatic rings. The van der Waals surface area contributed by atoms with Gasteiger partial charge in [-0.2, -0.15) is 0 Å². The lowest BCUT2D eigenvalue weighted by atomic mass is 10.1. The Bertz CT molecular complexity index is 1130. The van der Waals surface area contributed by atoms with E-state index in [0.717, 1.165) is 22.0 Å². The van der Waals surface area contributed by atoms with Crippen molar-refractivity contribution in [3.63, 3.8) is 0 Å². The highest BCUT2D eigenvalue weighted by Crippen LogP contribution is 2.32. The van der Waals surface area contributed by atoms with Crippen LogP contribution in [-0.4, -0.2) is 10.5 Å². The number of hydrogen-bond donors (Lipinski definition) is 1. The molecule has 3 nitrogen and oxygen atoms in total. The third-order valence-electron chi connectivity index (χ3n) is 4.61. The molecule has 0 aliphatic heterocycles. The Hall–Kier alpha value is -3.14. The smallest absolute Gasteiger partial charge is 0.249 e. The van der Waals surface area contributed by atoms with Crippen LogP contribution in [0.4, 0.5) is 4.39 Å². The fourth-order valence-electron chi connectivity index (χ4n) is 3.36. The van der Waals surface area contributed by atoms with Crippen LogP contribution >= 0.6 is 0 Å². The van der Waals surface area contributed by atoms with Crippen LogP contribution in [0.15, 0.2) is 54.6 Å². The Kier molecular flexibility index (Phi) is 3.53. The normalized spacial score (nSPS) is 11.3. The van der Waals surface area contributed by atoms with Crippen molar-refractivity contribution < 1.29 is 9.18 Å². The number of rotatable bonds is 3. The second-order valence-electron chi connectivity index (χ2n) is 6.15. The second kappa shape index (κ2) is 5.74. The van der Waals surface area contributed by atoms with Crippen LogP contribution in [0.25, 0.3) is 21.8 Å². The van der Waals surface area contributed by atoms with Crippen molar-refractivity contribution in [3.05, 3.63) is 83.2 Å². The summed E-state index contributed by atoms with van der Waals surface area (Å²) in [6.45, 7) is 2.62. The number of nitrogens with zero attached hydrogens (tertiary/aromatic N) is 1. The van der Waals surface area contributed by atoms with Gasteiger partial charge >= 0.3 is 0 Å². The third-order valence-corrected chi connectivity index (χ3v) is 4.61. The number of primary amides is 1. The molecule has 0 aliphatic carbocycles. The minimum absolute atomic E-state index is 0.359. The van der Waals surface area contributed by atoms with Crippen LogP contribution in [0.1, 0.15) is 21.5 Å². The minimum Gasteiger partial charge on any atom is -0.366 e. The van der Waals surface area contributed by atoms with Gasteiger partial charge in [0.1, 0.15) is 5.82 Å². The van der Waals surface area contributed by atoms with Crippen molar-refractivity contribution in [2.24, 2.45) is 5.73 Å². The summed E-state index contributed by atoms with van der Waals surface area (Å²) in [6, 6.07) is 19.2. The molecule has 3 aromatic carbocycles. The molecule has 0 spiro atoms. The standard InChI is InChI=1S/C21H16FN2O/c1-13-5-2-3-6-14(13)12-24-18-8-4-7-17(21(23)25)20(18)16-10-9-15(22)11-19(16)24/h2-9,11H,12H2,1H3,(H2,23,25). The average Bonchev–Trinajstić information content (AvgIpc) is 2.90. The summed E-state index contributed by atoms with van der Waals surface area (Å²) in [5, 5.41) is 1.43. The van der Waals surface area contributed by atoms with Gasteiger partial charge in [-0.05, 0) is 48.4 Å². The number of hydrogen-bond acceptors (Lipinski definition) is 1. The summed E-state index contributed by atoms with van der Waals surface area (Å²) in [4.78, 5) is 11.9. The number of aromatic nitrogens is 1. The SMILES string of the molecule is Cc1ccccc1Cn1c2cc(F)c[c]c2c2c(C(N)=O)cccc21. The molecule has 1 amide bonds. The van der Waals surface area contributed by atoms with Crippen molar-refractivity contribution in [1.82, 2.24) is 4.57 Å². The van der Waals surface area contributed by atoms with Gasteiger partial charge in [-0.3, -0.25) is 4.79 Å². The van der Waals surface area contributed by atoms with Gasteiger partial charge in [0.25, 0.3) is 0 Å². The maximum atomic E-state index is 13.9. The molecule has 2 N–H and O–H groups in total. The molecule has 25 heavy (non-hydrogen) atoms. The molecular weight excluding hydrogens is 315 g/mol. The van der Waals surface area contributed by atoms with Gasteiger partial charge in [0.05, 0.1) is 11.0 Å². The monoisotopic (exact) mass is 331 g/mol. The highest BCUT2D eigenvalue weighted by molar-refractivity contribution is 6.17. The van der Waals surface area contributed by atoms with E-state index in [9.17, 15) is 9.18 Å². The Labute approximate surface area is 144 Å². The molecule has 1 aromatic heterocycles. The molecule has 0 bridgehead atoms. The van der Waals surface area contributed by atoms with Crippen LogP contribution in [0.2, 0.25) is 0 Å². The van der Waals surface area contributed by atoms with Crippen molar-refractivity contribution in [2.45, 2.75) is 13.5 Å². The Balaban J connectivity index is 2.08. The van der Waals surface area contributed by atoms with E-state index in [1.165, 1.54) is 12.1 Å². The topological polar surface area (TPSA) is 48.0 Å². The number of halogens is 1. The van der Waals surface area contributed by atoms with Crippen LogP contribution in [0, 0.1) is 18.8 Å². The molecule has 0 atom stereocenters. The first-order chi connectivity index (χ1) is 12.1. The van der Waals surface area contributed by atoms with Crippen LogP contribution in [0.5, 0.6) is 0 Å². The molecule has 1 heterocycles. The van der Waals surface area contributed by atoms with Crippen LogP contribution in [0.3, 0.4) is 0 Å². The van der Waals surface area contributed by atoms with E-state index in [-0.39, 0.29) is 5.82 Å². The first-order valence-corrected chi connectivity index (χ1v) is 8.02. The highest BCUT2D eigenvalue weighted by atomic mass is 19.1. The Morgan fingerprint density at radius 2 is 1.96 bits per heavy atom. The zero-order chi connectivity index (χ0) is 17.6. The number of amides is 1. The number of carbonyl (C=O) groups is 1. The third kappa shape index (κ3) is 2.47. The molecule has 1 radical (unpaired) electrons. The van der Waals surface area contributed by atoms with E-state index < -0.39 is 5.91 Å². The molecular formula is C21H16FN2O. The minimum atomic E-state index is -0.502. The molecule has 0 unspecified atom stereocenters. The van der Waals surface area contributed by atoms with Crippen molar-refractivity contribution >= 4 is 27.7 Å². The van der Waals surface area contributed by atoms with Gasteiger partial charge in [-0.1, -0.05) is 30.3 Å². The molecule has 4 heteroatoms. The predicted octanol–water partition coefficient (Wildman–Crippen LogP) is 4.19. The van der Waals surface area contributed by atoms with E-state index in [1.807, 2.05) is 41.8 Å². The van der Waals surface area contributed by atoms with Crippen molar-refractivity contribution in [3.8, 4) is 0 Å². The number of nitrogens with two attached hydrogens (primary N) is 1. The summed E-state index contributed by atoms with van der Waals surface area (Å²) in [7, 11) is 0. The zero-order valence-electron chi connectivity index (χ0n) is 13.7. The fraction of sp³-hybridized carbons (Fsp3) is 0.0952. The number of benzene rings is 3. The molecule has 4 rings (SSSR count). The van der Waals surface area contributed by atoms with Crippen molar-refractivity contribution in [2.75, 3.05) is 0 Å². The van der Waals surface area contributed by atoms with E-state index in [2.05, 4.69) is 6.07 Å². The zero-order valence-corrected chi connectivity index (χ0v) is 13.7. The molecule has 0 fully saturated rings. The van der Waals surface area contributed by atoms with E-state index in [4.69, 9.17) is 5.73 Å². The van der Waals surface area contributed by atoms with E-state index in [1.54, 1.807) is 12.1 Å². The second-order valence-corrected chi connectivity index (χ2v) is 6.15. The average molecular weight is 331 g/mol. The molecule has 0 saturated heterocycles. The molecule has 0 saturated carbocycles. The number of aryl methyl sites for hydroxylation is 1. The number of carbonyl (C=O) groups excluding carboxylic acids is 1. The first-order valence-electron chi connectivity index (χ1n) is 8.02. The summed E-state index contributed by atoms with van der Waals surface area (Å²) in [5.74, 6) is -0.861. The largest absolute Gasteiger partial charge is 0.366 e. The lowest BCUT2D eigenvalue weighted by Gasteiger charge is -2.10. The summed E-state index contributed by atoms with van der Waals surface area (Å²) >= 11 is 0. The van der Waals surface area contributed by atoms with Crippen LogP contribution in [-0.2, 0) is 6.54 Å². The van der Waals surface area contributed by atoms with Crippen LogP contribution < -0.4 is 5.73 Å². The Morgan fingerprint density at radius 3 is 2.72 bits per heavy atom. The highest BCUT2D eigenvalue weighted by Gasteiger charge is 2.17. The quantitative estimate of drug-likeness (QED) is 0.601. The van der Waals surface area contributed by atoms with E-state index >= 15 is 0 Å². The van der Waals surface area contributed by atoms with E-state index in [0.29, 0.717) is 23.0 Å². The van der Waals surface area contributed by atoms with Gasteiger partial charge in [0.2, 0.25) is 5.91 Å². The van der Waals surface area contributed by atoms with Crippen molar-refractivity contribution in [1.29, 1.82) is 0 Å². The maximum absolute atomic E-state index is 13.9. The van der Waals surface area contributed by atoms with Gasteiger partial charge in [0.15, 0.2) is 0 Å². The fourth-order valence-corrected chi connectivity index (χ4v) is 3.36. The lowest BCUT2D eigenvalue weighted by molar-refractivity contribution is 0.100. The number of fused-ring (bicyclic) bond motifs is 3. The molecule has 4 aromatic rings. The van der Waals surface area contributed by atoms with Gasteiger partial charge < -0.3 is 10.3 Å². The summed E-state index contributed by atoms with van der Waals surface area (Å²) < 4.78 is 15.9. The maximum Gasteiger partial charge on any atom is 0.249 e. The molecule has 123 valence electrons. The van der Waals surface area contributed by atoms with Gasteiger partial charge in [-0.15, -0.1) is 0 Å². The Morgan fingerprint density at radius 1 is 1.16 bits per heavy atom. The summed E-state index contributed by atoms with van der Waals surface area (Å²) in [5.41, 5.74) is 9.81. The lowest BCUT2D eigenvalue weighted by Crippen LogP contribution is -2.11. The van der Waals surface area contributed by atoms with Gasteiger partial charge in [-0.25, -0.2) is 4.39 Å². The predicted molar refractivity (Wildman–Crippen MR) is 97.0 cm³/mol.